The van der Waals surface area contributed by atoms with E-state index in [2.05, 4.69) is 51.9 Å². The number of hydrogen-bond donors (Lipinski definition) is 0. The highest BCUT2D eigenvalue weighted by Gasteiger charge is 2.39. The Kier molecular flexibility index (Phi) is 13.3. The first kappa shape index (κ1) is 36.7. The van der Waals surface area contributed by atoms with Crippen LogP contribution in [0.5, 0.6) is 11.5 Å². The summed E-state index contributed by atoms with van der Waals surface area (Å²) >= 11 is 0. The van der Waals surface area contributed by atoms with Crippen LogP contribution in [-0.4, -0.2) is 50.3 Å². The molecule has 0 aliphatic carbocycles. The molecule has 8 nitrogen and oxygen atoms in total. The van der Waals surface area contributed by atoms with Gasteiger partial charge in [0.2, 0.25) is 0 Å². The quantitative estimate of drug-likeness (QED) is 0.0461. The normalized spacial score (nSPS) is 11.8. The fraction of sp³-hybridized carbons (Fsp3) is 0.343. The first-order valence-electron chi connectivity index (χ1n) is 15.5. The number of hydrogen-bond acceptors (Lipinski definition) is 8. The molecule has 0 aliphatic heterocycles. The van der Waals surface area contributed by atoms with E-state index < -0.39 is 37.1 Å². The Hall–Kier alpha value is -3.80. The van der Waals surface area contributed by atoms with Gasteiger partial charge in [0.1, 0.15) is 11.5 Å². The third-order valence-electron chi connectivity index (χ3n) is 7.07. The molecule has 0 fully saturated rings. The van der Waals surface area contributed by atoms with Crippen LogP contribution in [0.4, 0.5) is 0 Å². The minimum atomic E-state index is -2.35. The number of nitrogens with zero attached hydrogens (tertiary/aromatic N) is 1. The minimum absolute atomic E-state index is 0.373. The predicted molar refractivity (Wildman–Crippen MR) is 188 cm³/mol. The summed E-state index contributed by atoms with van der Waals surface area (Å²) in [6, 6.07) is 25.5. The second-order valence-electron chi connectivity index (χ2n) is 12.7. The highest BCUT2D eigenvalue weighted by Crippen LogP contribution is 2.27. The number of carbonyl (C=O) groups excluding carboxylic acids is 2. The summed E-state index contributed by atoms with van der Waals surface area (Å²) in [6.45, 7) is 17.4. The Morgan fingerprint density at radius 3 is 1.76 bits per heavy atom. The lowest BCUT2D eigenvalue weighted by Crippen LogP contribution is -2.52. The van der Waals surface area contributed by atoms with E-state index >= 15 is 0 Å². The van der Waals surface area contributed by atoms with E-state index in [0.717, 1.165) is 36.1 Å². The molecule has 46 heavy (non-hydrogen) atoms. The molecule has 3 aromatic rings. The van der Waals surface area contributed by atoms with E-state index in [1.807, 2.05) is 24.3 Å². The van der Waals surface area contributed by atoms with Gasteiger partial charge in [-0.3, -0.25) is 0 Å². The summed E-state index contributed by atoms with van der Waals surface area (Å²) in [5.41, 5.74) is 2.98. The van der Waals surface area contributed by atoms with Gasteiger partial charge >= 0.3 is 20.5 Å². The number of carbonyl (C=O) groups is 2. The first-order chi connectivity index (χ1) is 21.7. The Balaban J connectivity index is 1.40. The van der Waals surface area contributed by atoms with Crippen LogP contribution < -0.4 is 9.47 Å². The number of nitriles is 1. The Labute approximate surface area is 276 Å². The maximum Gasteiger partial charge on any atom is 0.343 e. The highest BCUT2D eigenvalue weighted by molar-refractivity contribution is 6.87. The van der Waals surface area contributed by atoms with Crippen LogP contribution in [0.3, 0.4) is 0 Å². The molecular formula is C35H45NO7Si3. The zero-order chi connectivity index (χ0) is 33.8. The molecule has 0 heterocycles. The monoisotopic (exact) mass is 675 g/mol. The lowest BCUT2D eigenvalue weighted by atomic mass is 10.0. The van der Waals surface area contributed by atoms with Crippen molar-refractivity contribution in [3.8, 4) is 28.7 Å². The molecule has 0 aromatic heterocycles. The van der Waals surface area contributed by atoms with E-state index in [0.29, 0.717) is 35.8 Å². The molecule has 0 aliphatic rings. The van der Waals surface area contributed by atoms with Crippen molar-refractivity contribution < 1.29 is 32.0 Å². The van der Waals surface area contributed by atoms with Gasteiger partial charge in [-0.1, -0.05) is 30.8 Å². The molecule has 244 valence electrons. The van der Waals surface area contributed by atoms with Crippen molar-refractivity contribution in [2.75, 3.05) is 13.2 Å². The van der Waals surface area contributed by atoms with Crippen LogP contribution in [0, 0.1) is 11.3 Å². The molecular weight excluding hydrogens is 631 g/mol. The smallest absolute Gasteiger partial charge is 0.343 e. The lowest BCUT2D eigenvalue weighted by Gasteiger charge is -2.38. The predicted octanol–water partition coefficient (Wildman–Crippen LogP) is 8.48. The summed E-state index contributed by atoms with van der Waals surface area (Å²) in [5, 5.41) is 8.98. The van der Waals surface area contributed by atoms with Crippen LogP contribution in [0.1, 0.15) is 28.8 Å². The molecule has 0 spiro atoms. The summed E-state index contributed by atoms with van der Waals surface area (Å²) in [7, 11) is -6.33. The van der Waals surface area contributed by atoms with Crippen molar-refractivity contribution in [1.82, 2.24) is 0 Å². The van der Waals surface area contributed by atoms with Gasteiger partial charge in [0, 0.05) is 6.08 Å². The molecule has 0 amide bonds. The summed E-state index contributed by atoms with van der Waals surface area (Å²) in [6.07, 6.45) is 2.79. The topological polar surface area (TPSA) is 104 Å². The maximum atomic E-state index is 12.7. The third kappa shape index (κ3) is 12.5. The maximum absolute atomic E-state index is 12.7. The van der Waals surface area contributed by atoms with Crippen molar-refractivity contribution in [3.63, 3.8) is 0 Å². The largest absolute Gasteiger partial charge is 0.494 e. The Bertz CT molecular complexity index is 1500. The zero-order valence-corrected chi connectivity index (χ0v) is 30.8. The number of benzene rings is 3. The average molecular weight is 676 g/mol. The van der Waals surface area contributed by atoms with Crippen molar-refractivity contribution in [1.29, 1.82) is 5.26 Å². The molecule has 0 unspecified atom stereocenters. The van der Waals surface area contributed by atoms with Crippen LogP contribution in [0.2, 0.25) is 51.4 Å². The third-order valence-corrected chi connectivity index (χ3v) is 18.5. The van der Waals surface area contributed by atoms with Crippen molar-refractivity contribution in [2.24, 2.45) is 0 Å². The van der Waals surface area contributed by atoms with Crippen molar-refractivity contribution in [2.45, 2.75) is 64.2 Å². The van der Waals surface area contributed by atoms with E-state index in [1.54, 1.807) is 48.5 Å². The molecule has 0 N–H and O–H groups in total. The van der Waals surface area contributed by atoms with Gasteiger partial charge in [-0.2, -0.15) is 5.26 Å². The number of ether oxygens (including phenoxy) is 3. The standard InChI is InChI=1S/C35H45NO7Si3/c1-8-34(37)40-24-10-26-45(4,5)43-46(6,7)42-44(2,3)25-9-23-39-32-19-17-31(18-20-32)35(38)41-33-21-15-30(16-22-33)29-13-11-28(27-36)12-14-29/h8,11-22H,1,9-10,23-26H2,2-7H3. The van der Waals surface area contributed by atoms with Gasteiger partial charge in [-0.25, -0.2) is 9.59 Å². The number of rotatable bonds is 17. The first-order valence-corrected chi connectivity index (χ1v) is 24.5. The van der Waals surface area contributed by atoms with Crippen LogP contribution >= 0.6 is 0 Å². The van der Waals surface area contributed by atoms with Gasteiger partial charge in [0.15, 0.2) is 16.6 Å². The summed E-state index contributed by atoms with van der Waals surface area (Å²) in [4.78, 5) is 24.0. The lowest BCUT2D eigenvalue weighted by molar-refractivity contribution is -0.137. The van der Waals surface area contributed by atoms with Crippen molar-refractivity contribution >= 4 is 37.1 Å². The van der Waals surface area contributed by atoms with E-state index in [9.17, 15) is 9.59 Å². The second kappa shape index (κ2) is 16.7. The van der Waals surface area contributed by atoms with Gasteiger partial charge < -0.3 is 22.4 Å². The summed E-state index contributed by atoms with van der Waals surface area (Å²) in [5.74, 6) is 0.297. The van der Waals surface area contributed by atoms with Gasteiger partial charge in [-0.15, -0.1) is 0 Å². The Morgan fingerprint density at radius 2 is 1.24 bits per heavy atom. The van der Waals surface area contributed by atoms with Crippen LogP contribution in [0.25, 0.3) is 11.1 Å². The zero-order valence-electron chi connectivity index (χ0n) is 27.8. The minimum Gasteiger partial charge on any atom is -0.494 e. The van der Waals surface area contributed by atoms with Crippen LogP contribution in [0.15, 0.2) is 85.5 Å². The second-order valence-corrected chi connectivity index (χ2v) is 25.1. The SMILES string of the molecule is C=CC(=O)OCCC[Si](C)(C)O[Si](C)(C)O[Si](C)(C)CCCOc1ccc(C(=O)Oc2ccc(-c3ccc(C#N)cc3)cc2)cc1. The molecule has 11 heteroatoms. The van der Waals surface area contributed by atoms with Crippen LogP contribution in [-0.2, 0) is 17.8 Å². The number of esters is 2. The van der Waals surface area contributed by atoms with Crippen molar-refractivity contribution in [3.05, 3.63) is 96.6 Å². The molecule has 3 aromatic carbocycles. The van der Waals surface area contributed by atoms with Gasteiger partial charge in [0.05, 0.1) is 30.4 Å². The van der Waals surface area contributed by atoms with E-state index in [1.165, 1.54) is 6.08 Å². The molecule has 0 saturated heterocycles. The fourth-order valence-electron chi connectivity index (χ4n) is 5.18. The van der Waals surface area contributed by atoms with E-state index in [4.69, 9.17) is 27.7 Å². The van der Waals surface area contributed by atoms with E-state index in [-0.39, 0.29) is 0 Å². The average Bonchev–Trinajstić information content (AvgIpc) is 3.01. The van der Waals surface area contributed by atoms with Gasteiger partial charge in [-0.05, 0) is 124 Å². The van der Waals surface area contributed by atoms with Gasteiger partial charge in [0.25, 0.3) is 0 Å². The molecule has 0 bridgehead atoms. The Morgan fingerprint density at radius 1 is 0.739 bits per heavy atom. The summed E-state index contributed by atoms with van der Waals surface area (Å²) < 4.78 is 29.9. The molecule has 0 radical (unpaired) electrons. The fourth-order valence-corrected chi connectivity index (χ4v) is 19.2. The molecule has 0 atom stereocenters. The molecule has 3 rings (SSSR count). The molecule has 0 saturated carbocycles. The highest BCUT2D eigenvalue weighted by atomic mass is 28.5.